The van der Waals surface area contributed by atoms with Gasteiger partial charge in [-0.1, -0.05) is 34.1 Å². The predicted octanol–water partition coefficient (Wildman–Crippen LogP) is 4.23. The van der Waals surface area contributed by atoms with Gasteiger partial charge in [-0.05, 0) is 49.4 Å². The van der Waals surface area contributed by atoms with Crippen molar-refractivity contribution in [3.05, 3.63) is 87.9 Å². The van der Waals surface area contributed by atoms with Crippen molar-refractivity contribution in [2.24, 2.45) is 0 Å². The van der Waals surface area contributed by atoms with Gasteiger partial charge in [0.05, 0.1) is 12.2 Å². The van der Waals surface area contributed by atoms with Crippen molar-refractivity contribution in [3.63, 3.8) is 0 Å². The first-order valence-electron chi connectivity index (χ1n) is 10.6. The van der Waals surface area contributed by atoms with Gasteiger partial charge in [-0.25, -0.2) is 0 Å². The maximum absolute atomic E-state index is 10.9. The van der Waals surface area contributed by atoms with Crippen molar-refractivity contribution in [2.45, 2.75) is 19.1 Å². The minimum absolute atomic E-state index is 0.0573. The summed E-state index contributed by atoms with van der Waals surface area (Å²) in [4.78, 5) is 0. The van der Waals surface area contributed by atoms with Crippen LogP contribution in [0.25, 0.3) is 5.70 Å². The van der Waals surface area contributed by atoms with E-state index in [9.17, 15) is 5.11 Å². The molecular formula is C25H24BrN2O4+. The molecule has 2 atom stereocenters. The van der Waals surface area contributed by atoms with Gasteiger partial charge >= 0.3 is 0 Å². The number of halogens is 1. The van der Waals surface area contributed by atoms with E-state index in [-0.39, 0.29) is 24.8 Å². The molecule has 0 fully saturated rings. The van der Waals surface area contributed by atoms with Gasteiger partial charge in [0.1, 0.15) is 6.04 Å². The highest BCUT2D eigenvalue weighted by molar-refractivity contribution is 9.10. The lowest BCUT2D eigenvalue weighted by Crippen LogP contribution is -2.89. The Morgan fingerprint density at radius 3 is 2.78 bits per heavy atom. The van der Waals surface area contributed by atoms with Crippen molar-refractivity contribution in [1.29, 1.82) is 0 Å². The molecule has 7 heteroatoms. The molecule has 0 saturated heterocycles. The van der Waals surface area contributed by atoms with E-state index in [2.05, 4.69) is 44.8 Å². The van der Waals surface area contributed by atoms with E-state index in [1.807, 2.05) is 49.4 Å². The van der Waals surface area contributed by atoms with Gasteiger partial charge in [0.2, 0.25) is 6.79 Å². The minimum Gasteiger partial charge on any atom is -0.504 e. The number of nitrogens with two attached hydrogens (primary N) is 1. The number of aromatic hydroxyl groups is 1. The van der Waals surface area contributed by atoms with Crippen LogP contribution in [0.2, 0.25) is 0 Å². The second-order valence-corrected chi connectivity index (χ2v) is 8.59. The molecule has 164 valence electrons. The van der Waals surface area contributed by atoms with Crippen molar-refractivity contribution in [1.82, 2.24) is 5.32 Å². The lowest BCUT2D eigenvalue weighted by atomic mass is 9.97. The molecule has 6 nitrogen and oxygen atoms in total. The van der Waals surface area contributed by atoms with E-state index in [1.54, 1.807) is 6.07 Å². The molecule has 0 radical (unpaired) electrons. The molecule has 2 unspecified atom stereocenters. The first-order valence-corrected chi connectivity index (χ1v) is 11.3. The van der Waals surface area contributed by atoms with Gasteiger partial charge in [0, 0.05) is 27.4 Å². The van der Waals surface area contributed by atoms with Gasteiger partial charge in [0.25, 0.3) is 0 Å². The molecule has 0 aliphatic carbocycles. The summed E-state index contributed by atoms with van der Waals surface area (Å²) in [5.74, 6) is 2.15. The zero-order valence-electron chi connectivity index (χ0n) is 17.5. The normalized spacial score (nSPS) is 19.2. The molecule has 5 rings (SSSR count). The SMILES string of the molecule is CCOc1cccc(C2C=C(c3ccc4c(c3)OCO4)NC(c3cccc(Br)c3)[NH2+]2)c1O. The average Bonchev–Trinajstić information content (AvgIpc) is 3.28. The number of quaternary nitrogens is 1. The molecule has 0 bridgehead atoms. The summed E-state index contributed by atoms with van der Waals surface area (Å²) in [6.45, 7) is 2.63. The lowest BCUT2D eigenvalue weighted by Gasteiger charge is -2.30. The third kappa shape index (κ3) is 4.01. The van der Waals surface area contributed by atoms with Crippen molar-refractivity contribution in [2.75, 3.05) is 13.4 Å². The Hall–Kier alpha value is -3.16. The van der Waals surface area contributed by atoms with Crippen LogP contribution < -0.4 is 24.8 Å². The fourth-order valence-electron chi connectivity index (χ4n) is 4.12. The Kier molecular flexibility index (Phi) is 5.68. The smallest absolute Gasteiger partial charge is 0.231 e. The van der Waals surface area contributed by atoms with Gasteiger partial charge < -0.3 is 30.0 Å². The van der Waals surface area contributed by atoms with Gasteiger partial charge in [-0.3, -0.25) is 0 Å². The van der Waals surface area contributed by atoms with E-state index < -0.39 is 0 Å². The maximum Gasteiger partial charge on any atom is 0.231 e. The largest absolute Gasteiger partial charge is 0.504 e. The fourth-order valence-corrected chi connectivity index (χ4v) is 4.53. The van der Waals surface area contributed by atoms with Crippen LogP contribution in [-0.4, -0.2) is 18.5 Å². The van der Waals surface area contributed by atoms with Crippen LogP contribution in [0.1, 0.15) is 35.8 Å². The van der Waals surface area contributed by atoms with Crippen molar-refractivity contribution < 1.29 is 24.6 Å². The summed E-state index contributed by atoms with van der Waals surface area (Å²) in [6.07, 6.45) is 2.06. The molecule has 0 aromatic heterocycles. The second-order valence-electron chi connectivity index (χ2n) is 7.67. The lowest BCUT2D eigenvalue weighted by molar-refractivity contribution is -0.731. The molecule has 0 spiro atoms. The average molecular weight is 496 g/mol. The second kappa shape index (κ2) is 8.76. The highest BCUT2D eigenvalue weighted by Gasteiger charge is 2.31. The Balaban J connectivity index is 1.57. The van der Waals surface area contributed by atoms with E-state index in [0.717, 1.165) is 38.4 Å². The van der Waals surface area contributed by atoms with Crippen LogP contribution in [0, 0.1) is 0 Å². The molecule has 3 aromatic carbocycles. The molecule has 0 amide bonds. The number of nitrogens with one attached hydrogen (secondary N) is 1. The summed E-state index contributed by atoms with van der Waals surface area (Å²) in [6, 6.07) is 19.7. The Bertz CT molecular complexity index is 1180. The Labute approximate surface area is 195 Å². The first kappa shape index (κ1) is 20.7. The fraction of sp³-hybridized carbons (Fsp3) is 0.200. The molecule has 0 saturated carbocycles. The Morgan fingerprint density at radius 1 is 1.09 bits per heavy atom. The number of benzene rings is 3. The number of fused-ring (bicyclic) bond motifs is 1. The molecule has 2 aliphatic heterocycles. The third-order valence-corrected chi connectivity index (χ3v) is 6.13. The predicted molar refractivity (Wildman–Crippen MR) is 125 cm³/mol. The van der Waals surface area contributed by atoms with Gasteiger partial charge in [0.15, 0.2) is 29.2 Å². The zero-order valence-corrected chi connectivity index (χ0v) is 19.1. The number of phenolic OH excluding ortho intramolecular Hbond substituents is 1. The summed E-state index contributed by atoms with van der Waals surface area (Å²) in [5, 5.41) is 16.8. The van der Waals surface area contributed by atoms with Gasteiger partial charge in [-0.2, -0.15) is 0 Å². The van der Waals surface area contributed by atoms with Gasteiger partial charge in [-0.15, -0.1) is 0 Å². The summed E-state index contributed by atoms with van der Waals surface area (Å²) in [5.41, 5.74) is 3.88. The third-order valence-electron chi connectivity index (χ3n) is 5.64. The number of rotatable bonds is 5. The molecule has 2 heterocycles. The highest BCUT2D eigenvalue weighted by atomic mass is 79.9. The van der Waals surface area contributed by atoms with E-state index in [0.29, 0.717) is 12.4 Å². The highest BCUT2D eigenvalue weighted by Crippen LogP contribution is 2.38. The van der Waals surface area contributed by atoms with Crippen LogP contribution in [0.15, 0.2) is 71.2 Å². The number of para-hydroxylation sites is 1. The summed E-state index contributed by atoms with van der Waals surface area (Å²) < 4.78 is 17.7. The van der Waals surface area contributed by atoms with Crippen LogP contribution >= 0.6 is 15.9 Å². The maximum atomic E-state index is 10.9. The molecule has 2 aliphatic rings. The molecular weight excluding hydrogens is 472 g/mol. The van der Waals surface area contributed by atoms with Crippen LogP contribution in [-0.2, 0) is 0 Å². The van der Waals surface area contributed by atoms with Crippen LogP contribution in [0.5, 0.6) is 23.0 Å². The number of hydrogen-bond donors (Lipinski definition) is 3. The first-order chi connectivity index (χ1) is 15.6. The number of hydrogen-bond acceptors (Lipinski definition) is 5. The zero-order chi connectivity index (χ0) is 22.1. The minimum atomic E-state index is -0.124. The monoisotopic (exact) mass is 495 g/mol. The molecule has 4 N–H and O–H groups in total. The quantitative estimate of drug-likeness (QED) is 0.493. The topological polar surface area (TPSA) is 76.6 Å². The van der Waals surface area contributed by atoms with E-state index in [4.69, 9.17) is 14.2 Å². The molecule has 3 aromatic rings. The van der Waals surface area contributed by atoms with Crippen LogP contribution in [0.4, 0.5) is 0 Å². The standard InChI is InChI=1S/C25H23BrN2O4/c1-2-30-22-8-4-7-18(24(22)29)20-13-19(15-9-10-21-23(12-15)32-14-31-21)27-25(28-20)16-5-3-6-17(26)11-16/h3-13,20,25,27-29H,2,14H2,1H3/p+1. The van der Waals surface area contributed by atoms with Crippen molar-refractivity contribution >= 4 is 21.6 Å². The van der Waals surface area contributed by atoms with E-state index in [1.165, 1.54) is 0 Å². The number of phenols is 1. The summed E-state index contributed by atoms with van der Waals surface area (Å²) >= 11 is 3.58. The van der Waals surface area contributed by atoms with Crippen LogP contribution in [0.3, 0.4) is 0 Å². The van der Waals surface area contributed by atoms with E-state index >= 15 is 0 Å². The van der Waals surface area contributed by atoms with Crippen molar-refractivity contribution in [3.8, 4) is 23.0 Å². The summed E-state index contributed by atoms with van der Waals surface area (Å²) in [7, 11) is 0. The molecule has 32 heavy (non-hydrogen) atoms. The Morgan fingerprint density at radius 2 is 1.94 bits per heavy atom. The number of ether oxygens (including phenoxy) is 3.